The number of halogens is 1. The third-order valence-electron chi connectivity index (χ3n) is 3.71. The highest BCUT2D eigenvalue weighted by Crippen LogP contribution is 2.22. The van der Waals surface area contributed by atoms with Gasteiger partial charge in [0.05, 0.1) is 13.2 Å². The summed E-state index contributed by atoms with van der Waals surface area (Å²) < 4.78 is 18.5. The zero-order valence-corrected chi connectivity index (χ0v) is 11.9. The molecular weight excluding hydrogens is 259 g/mol. The molecule has 2 rings (SSSR count). The number of carbonyl (C=O) groups is 1. The molecule has 0 unspecified atom stereocenters. The lowest BCUT2D eigenvalue weighted by atomic mass is 10.1. The van der Waals surface area contributed by atoms with Crippen LogP contribution in [0.1, 0.15) is 44.2 Å². The summed E-state index contributed by atoms with van der Waals surface area (Å²) in [7, 11) is 1.43. The molecule has 0 aromatic heterocycles. The van der Waals surface area contributed by atoms with E-state index in [1.165, 1.54) is 26.0 Å². The van der Waals surface area contributed by atoms with Crippen LogP contribution in [0.2, 0.25) is 0 Å². The number of nitrogens with one attached hydrogen (secondary N) is 2. The molecule has 1 aromatic carbocycles. The number of hydrogen-bond acceptors (Lipinski definition) is 2. The Labute approximate surface area is 118 Å². The van der Waals surface area contributed by atoms with Gasteiger partial charge in [0.2, 0.25) is 0 Å². The Hall–Kier alpha value is -1.78. The Morgan fingerprint density at radius 1 is 1.40 bits per heavy atom. The molecule has 1 aliphatic rings. The zero-order valence-electron chi connectivity index (χ0n) is 11.9. The van der Waals surface area contributed by atoms with Crippen molar-refractivity contribution in [2.45, 2.75) is 44.7 Å². The first-order valence-corrected chi connectivity index (χ1v) is 7.00. The van der Waals surface area contributed by atoms with Crippen LogP contribution in [0, 0.1) is 5.82 Å². The molecule has 0 saturated heterocycles. The standard InChI is InChI=1S/C15H21FN2O2/c1-10(11-7-8-14(20-2)13(16)9-11)17-15(19)18-12-5-3-4-6-12/h7-10,12H,3-6H2,1-2H3,(H2,17,18,19)/t10-/m0/s1. The minimum atomic E-state index is -0.421. The summed E-state index contributed by atoms with van der Waals surface area (Å²) in [5.41, 5.74) is 0.713. The SMILES string of the molecule is COc1ccc([C@H](C)NC(=O)NC2CCCC2)cc1F. The number of methoxy groups -OCH3 is 1. The number of urea groups is 1. The first-order valence-electron chi connectivity index (χ1n) is 7.00. The van der Waals surface area contributed by atoms with Gasteiger partial charge in [0.25, 0.3) is 0 Å². The molecule has 1 fully saturated rings. The van der Waals surface area contributed by atoms with E-state index in [9.17, 15) is 9.18 Å². The molecule has 0 aliphatic heterocycles. The Morgan fingerprint density at radius 2 is 2.10 bits per heavy atom. The van der Waals surface area contributed by atoms with Crippen LogP contribution in [0.15, 0.2) is 18.2 Å². The molecule has 5 heteroatoms. The number of carbonyl (C=O) groups excluding carboxylic acids is 1. The highest BCUT2D eigenvalue weighted by Gasteiger charge is 2.18. The van der Waals surface area contributed by atoms with Crippen molar-refractivity contribution in [3.63, 3.8) is 0 Å². The van der Waals surface area contributed by atoms with Gasteiger partial charge < -0.3 is 15.4 Å². The molecule has 2 N–H and O–H groups in total. The topological polar surface area (TPSA) is 50.4 Å². The number of amides is 2. The predicted octanol–water partition coefficient (Wildman–Crippen LogP) is 3.14. The van der Waals surface area contributed by atoms with Crippen LogP contribution in [-0.4, -0.2) is 19.2 Å². The molecule has 1 aliphatic carbocycles. The first-order chi connectivity index (χ1) is 9.60. The Morgan fingerprint density at radius 3 is 2.70 bits per heavy atom. The van der Waals surface area contributed by atoms with Crippen LogP contribution < -0.4 is 15.4 Å². The molecule has 1 saturated carbocycles. The molecular formula is C15H21FN2O2. The quantitative estimate of drug-likeness (QED) is 0.890. The van der Waals surface area contributed by atoms with Gasteiger partial charge in [-0.2, -0.15) is 0 Å². The van der Waals surface area contributed by atoms with Crippen LogP contribution in [0.5, 0.6) is 5.75 Å². The van der Waals surface area contributed by atoms with E-state index in [1.807, 2.05) is 6.92 Å². The normalized spacial score (nSPS) is 16.8. The van der Waals surface area contributed by atoms with Crippen molar-refractivity contribution in [3.05, 3.63) is 29.6 Å². The lowest BCUT2D eigenvalue weighted by Gasteiger charge is -2.18. The van der Waals surface area contributed by atoms with Crippen molar-refractivity contribution in [1.82, 2.24) is 10.6 Å². The molecule has 0 heterocycles. The lowest BCUT2D eigenvalue weighted by molar-refractivity contribution is 0.234. The van der Waals surface area contributed by atoms with Gasteiger partial charge in [-0.05, 0) is 37.5 Å². The number of rotatable bonds is 4. The average molecular weight is 280 g/mol. The third kappa shape index (κ3) is 3.62. The van der Waals surface area contributed by atoms with E-state index in [4.69, 9.17) is 4.74 Å². The predicted molar refractivity (Wildman–Crippen MR) is 75.3 cm³/mol. The molecule has 1 atom stereocenters. The van der Waals surface area contributed by atoms with Gasteiger partial charge in [0.15, 0.2) is 11.6 Å². The van der Waals surface area contributed by atoms with Gasteiger partial charge in [0.1, 0.15) is 0 Å². The fourth-order valence-electron chi connectivity index (χ4n) is 2.53. The van der Waals surface area contributed by atoms with Crippen LogP contribution in [0.25, 0.3) is 0 Å². The third-order valence-corrected chi connectivity index (χ3v) is 3.71. The molecule has 4 nitrogen and oxygen atoms in total. The Bertz CT molecular complexity index is 473. The largest absolute Gasteiger partial charge is 0.494 e. The van der Waals surface area contributed by atoms with Gasteiger partial charge in [-0.1, -0.05) is 18.9 Å². The summed E-state index contributed by atoms with van der Waals surface area (Å²) in [6.45, 7) is 1.83. The first kappa shape index (κ1) is 14.6. The van der Waals surface area contributed by atoms with E-state index in [-0.39, 0.29) is 23.9 Å². The van der Waals surface area contributed by atoms with Crippen molar-refractivity contribution in [3.8, 4) is 5.75 Å². The van der Waals surface area contributed by atoms with Crippen molar-refractivity contribution in [1.29, 1.82) is 0 Å². The summed E-state index contributed by atoms with van der Waals surface area (Å²) in [5, 5.41) is 5.78. The monoisotopic (exact) mass is 280 g/mol. The molecule has 2 amide bonds. The average Bonchev–Trinajstić information content (AvgIpc) is 2.91. The van der Waals surface area contributed by atoms with Crippen molar-refractivity contribution in [2.75, 3.05) is 7.11 Å². The maximum atomic E-state index is 13.6. The smallest absolute Gasteiger partial charge is 0.315 e. The highest BCUT2D eigenvalue weighted by molar-refractivity contribution is 5.74. The van der Waals surface area contributed by atoms with E-state index in [1.54, 1.807) is 12.1 Å². The van der Waals surface area contributed by atoms with Crippen molar-refractivity contribution < 1.29 is 13.9 Å². The van der Waals surface area contributed by atoms with E-state index in [0.717, 1.165) is 12.8 Å². The van der Waals surface area contributed by atoms with Gasteiger partial charge in [-0.15, -0.1) is 0 Å². The summed E-state index contributed by atoms with van der Waals surface area (Å²) >= 11 is 0. The number of ether oxygens (including phenoxy) is 1. The molecule has 0 bridgehead atoms. The zero-order chi connectivity index (χ0) is 14.5. The van der Waals surface area contributed by atoms with E-state index in [2.05, 4.69) is 10.6 Å². The molecule has 20 heavy (non-hydrogen) atoms. The van der Waals surface area contributed by atoms with Gasteiger partial charge >= 0.3 is 6.03 Å². The van der Waals surface area contributed by atoms with Crippen LogP contribution in [-0.2, 0) is 0 Å². The van der Waals surface area contributed by atoms with Gasteiger partial charge in [-0.25, -0.2) is 9.18 Å². The molecule has 0 radical (unpaired) electrons. The van der Waals surface area contributed by atoms with Crippen molar-refractivity contribution >= 4 is 6.03 Å². The van der Waals surface area contributed by atoms with Crippen LogP contribution >= 0.6 is 0 Å². The Balaban J connectivity index is 1.91. The second kappa shape index (κ2) is 6.59. The van der Waals surface area contributed by atoms with E-state index in [0.29, 0.717) is 5.56 Å². The highest BCUT2D eigenvalue weighted by atomic mass is 19.1. The molecule has 0 spiro atoms. The number of benzene rings is 1. The van der Waals surface area contributed by atoms with E-state index >= 15 is 0 Å². The van der Waals surface area contributed by atoms with Gasteiger partial charge in [0, 0.05) is 6.04 Å². The lowest BCUT2D eigenvalue weighted by Crippen LogP contribution is -2.41. The summed E-state index contributed by atoms with van der Waals surface area (Å²) in [6, 6.07) is 4.53. The molecule has 1 aromatic rings. The Kier molecular flexibility index (Phi) is 4.82. The minimum Gasteiger partial charge on any atom is -0.494 e. The number of hydrogen-bond donors (Lipinski definition) is 2. The summed E-state index contributed by atoms with van der Waals surface area (Å²) in [4.78, 5) is 11.9. The second-order valence-electron chi connectivity index (χ2n) is 5.21. The fourth-order valence-corrected chi connectivity index (χ4v) is 2.53. The summed E-state index contributed by atoms with van der Waals surface area (Å²) in [5.74, 6) is -0.216. The maximum Gasteiger partial charge on any atom is 0.315 e. The fraction of sp³-hybridized carbons (Fsp3) is 0.533. The van der Waals surface area contributed by atoms with Gasteiger partial charge in [-0.3, -0.25) is 0 Å². The maximum absolute atomic E-state index is 13.6. The van der Waals surface area contributed by atoms with E-state index < -0.39 is 5.82 Å². The summed E-state index contributed by atoms with van der Waals surface area (Å²) in [6.07, 6.45) is 4.42. The molecule has 110 valence electrons. The minimum absolute atomic E-state index is 0.194. The second-order valence-corrected chi connectivity index (χ2v) is 5.21. The van der Waals surface area contributed by atoms with Crippen LogP contribution in [0.4, 0.5) is 9.18 Å². The van der Waals surface area contributed by atoms with Crippen molar-refractivity contribution in [2.24, 2.45) is 0 Å². The van der Waals surface area contributed by atoms with Crippen LogP contribution in [0.3, 0.4) is 0 Å².